The Morgan fingerprint density at radius 3 is 2.49 bits per heavy atom. The number of ether oxygens (including phenoxy) is 3. The fourth-order valence-electron chi connectivity index (χ4n) is 3.61. The van der Waals surface area contributed by atoms with Gasteiger partial charge in [-0.3, -0.25) is 19.3 Å². The van der Waals surface area contributed by atoms with Crippen LogP contribution < -0.4 is 19.5 Å². The maximum absolute atomic E-state index is 14.0. The molecule has 1 N–H and O–H groups in total. The molecule has 1 aliphatic heterocycles. The topological polar surface area (TPSA) is 94.2 Å². The smallest absolute Gasteiger partial charge is 0.294 e. The van der Waals surface area contributed by atoms with Crippen molar-refractivity contribution in [3.05, 3.63) is 87.0 Å². The first-order chi connectivity index (χ1) is 18.8. The van der Waals surface area contributed by atoms with E-state index in [-0.39, 0.29) is 17.3 Å². The van der Waals surface area contributed by atoms with Gasteiger partial charge < -0.3 is 19.5 Å². The van der Waals surface area contributed by atoms with Gasteiger partial charge in [-0.2, -0.15) is 0 Å². The number of rotatable bonds is 10. The van der Waals surface area contributed by atoms with Gasteiger partial charge in [0, 0.05) is 15.7 Å². The number of amides is 3. The number of hydrogen-bond donors (Lipinski definition) is 1. The molecule has 0 unspecified atom stereocenters. The zero-order valence-electron chi connectivity index (χ0n) is 21.0. The number of hydrogen-bond acceptors (Lipinski definition) is 7. The third-order valence-corrected chi connectivity index (χ3v) is 7.13. The Kier molecular flexibility index (Phi) is 9.26. The third kappa shape index (κ3) is 6.98. The quantitative estimate of drug-likeness (QED) is 0.270. The summed E-state index contributed by atoms with van der Waals surface area (Å²) in [6, 6.07) is 16.3. The van der Waals surface area contributed by atoms with Crippen molar-refractivity contribution in [1.29, 1.82) is 0 Å². The van der Waals surface area contributed by atoms with Gasteiger partial charge >= 0.3 is 0 Å². The Morgan fingerprint density at radius 2 is 1.79 bits per heavy atom. The summed E-state index contributed by atoms with van der Waals surface area (Å²) in [5.41, 5.74) is 1.46. The highest BCUT2D eigenvalue weighted by atomic mass is 79.9. The van der Waals surface area contributed by atoms with Crippen LogP contribution in [0.4, 0.5) is 14.9 Å². The van der Waals surface area contributed by atoms with Gasteiger partial charge in [-0.05, 0) is 72.8 Å². The second kappa shape index (κ2) is 12.8. The minimum absolute atomic E-state index is 0.00396. The van der Waals surface area contributed by atoms with Crippen molar-refractivity contribution in [2.75, 3.05) is 25.6 Å². The second-order valence-electron chi connectivity index (χ2n) is 8.18. The van der Waals surface area contributed by atoms with Crippen LogP contribution in [0, 0.1) is 5.82 Å². The number of carbonyl (C=O) groups is 3. The molecule has 1 aliphatic rings. The second-order valence-corrected chi connectivity index (χ2v) is 10.0. The number of carbonyl (C=O) groups excluding carboxylic acids is 3. The van der Waals surface area contributed by atoms with Gasteiger partial charge in [-0.25, -0.2) is 4.39 Å². The molecule has 0 bridgehead atoms. The fourth-order valence-corrected chi connectivity index (χ4v) is 4.88. The molecule has 4 rings (SSSR count). The van der Waals surface area contributed by atoms with Gasteiger partial charge in [0.25, 0.3) is 11.1 Å². The summed E-state index contributed by atoms with van der Waals surface area (Å²) >= 11 is 4.21. The summed E-state index contributed by atoms with van der Waals surface area (Å²) in [4.78, 5) is 39.1. The van der Waals surface area contributed by atoms with Crippen LogP contribution in [0.1, 0.15) is 18.1 Å². The van der Waals surface area contributed by atoms with Crippen LogP contribution in [-0.4, -0.2) is 42.2 Å². The molecule has 3 aromatic carbocycles. The summed E-state index contributed by atoms with van der Waals surface area (Å²) < 4.78 is 31.2. The largest absolute Gasteiger partial charge is 0.497 e. The van der Waals surface area contributed by atoms with Crippen LogP contribution in [0.2, 0.25) is 0 Å². The lowest BCUT2D eigenvalue weighted by molar-refractivity contribution is -0.127. The minimum atomic E-state index is -0.584. The fraction of sp³-hybridized carbons (Fsp3) is 0.179. The minimum Gasteiger partial charge on any atom is -0.497 e. The summed E-state index contributed by atoms with van der Waals surface area (Å²) in [6.45, 7) is 1.72. The number of nitrogens with zero attached hydrogens (tertiary/aromatic N) is 1. The zero-order valence-corrected chi connectivity index (χ0v) is 23.4. The lowest BCUT2D eigenvalue weighted by Crippen LogP contribution is -2.36. The van der Waals surface area contributed by atoms with Gasteiger partial charge in [0.2, 0.25) is 5.91 Å². The molecule has 11 heteroatoms. The standard InChI is InChI=1S/C28H24BrFN2O6S/c1-3-37-23-12-18(21(29)14-24(23)38-16-17-6-4-5-7-22(17)30)13-25-27(34)32(28(35)39-25)15-26(33)31-19-8-10-20(36-2)11-9-19/h4-14H,3,15-16H2,1-2H3,(H,31,33)/b25-13+. The first kappa shape index (κ1) is 28.2. The molecular weight excluding hydrogens is 591 g/mol. The van der Waals surface area contributed by atoms with E-state index in [9.17, 15) is 18.8 Å². The van der Waals surface area contributed by atoms with Gasteiger partial charge in [0.15, 0.2) is 11.5 Å². The highest BCUT2D eigenvalue weighted by Crippen LogP contribution is 2.38. The van der Waals surface area contributed by atoms with E-state index in [1.807, 2.05) is 6.92 Å². The van der Waals surface area contributed by atoms with Crippen LogP contribution in [0.25, 0.3) is 6.08 Å². The van der Waals surface area contributed by atoms with Gasteiger partial charge in [-0.1, -0.05) is 34.1 Å². The van der Waals surface area contributed by atoms with Crippen molar-refractivity contribution < 1.29 is 33.0 Å². The van der Waals surface area contributed by atoms with Crippen LogP contribution in [0.3, 0.4) is 0 Å². The van der Waals surface area contributed by atoms with E-state index >= 15 is 0 Å². The number of imide groups is 1. The molecule has 39 heavy (non-hydrogen) atoms. The summed E-state index contributed by atoms with van der Waals surface area (Å²) in [7, 11) is 1.54. The normalized spacial score (nSPS) is 14.1. The van der Waals surface area contributed by atoms with Crippen molar-refractivity contribution in [2.24, 2.45) is 0 Å². The van der Waals surface area contributed by atoms with Crippen LogP contribution in [-0.2, 0) is 16.2 Å². The average Bonchev–Trinajstić information content (AvgIpc) is 3.18. The summed E-state index contributed by atoms with van der Waals surface area (Å²) in [5, 5.41) is 2.11. The van der Waals surface area contributed by atoms with Crippen LogP contribution in [0.15, 0.2) is 70.0 Å². The predicted molar refractivity (Wildman–Crippen MR) is 150 cm³/mol. The van der Waals surface area contributed by atoms with Crippen LogP contribution in [0.5, 0.6) is 17.2 Å². The molecule has 1 saturated heterocycles. The number of anilines is 1. The number of methoxy groups -OCH3 is 1. The van der Waals surface area contributed by atoms with Crippen molar-refractivity contribution in [1.82, 2.24) is 4.90 Å². The molecule has 202 valence electrons. The van der Waals surface area contributed by atoms with Crippen LogP contribution >= 0.6 is 27.7 Å². The first-order valence-corrected chi connectivity index (χ1v) is 13.4. The van der Waals surface area contributed by atoms with E-state index < -0.39 is 23.6 Å². The van der Waals surface area contributed by atoms with E-state index in [4.69, 9.17) is 14.2 Å². The number of thioether (sulfide) groups is 1. The van der Waals surface area contributed by atoms with E-state index in [1.165, 1.54) is 13.2 Å². The molecule has 1 fully saturated rings. The highest BCUT2D eigenvalue weighted by molar-refractivity contribution is 9.10. The SMILES string of the molecule is CCOc1cc(/C=C2/SC(=O)N(CC(=O)Nc3ccc(OC)cc3)C2=O)c(Br)cc1OCc1ccccc1F. The molecule has 0 atom stereocenters. The molecule has 0 radical (unpaired) electrons. The van der Waals surface area contributed by atoms with E-state index in [2.05, 4.69) is 21.2 Å². The average molecular weight is 615 g/mol. The Morgan fingerprint density at radius 1 is 1.08 bits per heavy atom. The van der Waals surface area contributed by atoms with Gasteiger partial charge in [0.1, 0.15) is 24.7 Å². The molecule has 0 aliphatic carbocycles. The van der Waals surface area contributed by atoms with E-state index in [0.29, 0.717) is 45.1 Å². The number of halogens is 2. The molecule has 0 saturated carbocycles. The lowest BCUT2D eigenvalue weighted by atomic mass is 10.1. The molecule has 3 aromatic rings. The van der Waals surface area contributed by atoms with Crippen molar-refractivity contribution in [2.45, 2.75) is 13.5 Å². The van der Waals surface area contributed by atoms with E-state index in [0.717, 1.165) is 16.7 Å². The van der Waals surface area contributed by atoms with Gasteiger partial charge in [0.05, 0.1) is 18.6 Å². The van der Waals surface area contributed by atoms with Crippen molar-refractivity contribution in [3.63, 3.8) is 0 Å². The van der Waals surface area contributed by atoms with E-state index in [1.54, 1.807) is 60.7 Å². The summed E-state index contributed by atoms with van der Waals surface area (Å²) in [5.74, 6) is -0.0692. The molecule has 8 nitrogen and oxygen atoms in total. The maximum atomic E-state index is 14.0. The molecular formula is C28H24BrFN2O6S. The number of benzene rings is 3. The van der Waals surface area contributed by atoms with Gasteiger partial charge in [-0.15, -0.1) is 0 Å². The number of nitrogens with one attached hydrogen (secondary N) is 1. The highest BCUT2D eigenvalue weighted by Gasteiger charge is 2.36. The zero-order chi connectivity index (χ0) is 27.9. The van der Waals surface area contributed by atoms with Crippen molar-refractivity contribution in [3.8, 4) is 17.2 Å². The molecule has 0 aromatic heterocycles. The Bertz CT molecular complexity index is 1430. The molecule has 1 heterocycles. The summed E-state index contributed by atoms with van der Waals surface area (Å²) in [6.07, 6.45) is 1.54. The Labute approximate surface area is 237 Å². The maximum Gasteiger partial charge on any atom is 0.294 e. The first-order valence-electron chi connectivity index (χ1n) is 11.8. The molecule has 3 amide bonds. The lowest BCUT2D eigenvalue weighted by Gasteiger charge is -2.15. The Balaban J connectivity index is 1.48. The third-order valence-electron chi connectivity index (χ3n) is 5.54. The predicted octanol–water partition coefficient (Wildman–Crippen LogP) is 6.25. The molecule has 0 spiro atoms. The van der Waals surface area contributed by atoms with Crippen molar-refractivity contribution >= 4 is 56.5 Å². The Hall–Kier alpha value is -3.83. The monoisotopic (exact) mass is 614 g/mol.